The number of rotatable bonds is 3. The molecule has 2 N–H and O–H groups in total. The van der Waals surface area contributed by atoms with Gasteiger partial charge in [-0.25, -0.2) is 0 Å². The number of primary amides is 1. The van der Waals surface area contributed by atoms with Crippen molar-refractivity contribution in [2.45, 2.75) is 4.90 Å². The van der Waals surface area contributed by atoms with Crippen molar-refractivity contribution in [2.75, 3.05) is 6.26 Å². The Morgan fingerprint density at radius 1 is 1.15 bits per heavy atom. The summed E-state index contributed by atoms with van der Waals surface area (Å²) in [5, 5.41) is 1.04. The molecule has 0 atom stereocenters. The molecule has 20 heavy (non-hydrogen) atoms. The van der Waals surface area contributed by atoms with Gasteiger partial charge in [-0.2, -0.15) is 0 Å². The van der Waals surface area contributed by atoms with Crippen LogP contribution >= 0.6 is 11.8 Å². The van der Waals surface area contributed by atoms with E-state index in [1.165, 1.54) is 0 Å². The lowest BCUT2D eigenvalue weighted by molar-refractivity contribution is 0.100. The zero-order chi connectivity index (χ0) is 14.1. The Kier molecular flexibility index (Phi) is 3.24. The SMILES string of the molecule is CSc1ccc(C(N)=O)cc1-c1ccc2occc2c1. The number of furan rings is 1. The van der Waals surface area contributed by atoms with Crippen molar-refractivity contribution in [2.24, 2.45) is 5.73 Å². The molecule has 0 unspecified atom stereocenters. The predicted molar refractivity (Wildman–Crippen MR) is 81.9 cm³/mol. The van der Waals surface area contributed by atoms with Crippen LogP contribution in [-0.2, 0) is 0 Å². The average molecular weight is 283 g/mol. The molecule has 0 bridgehead atoms. The third-order valence-corrected chi connectivity index (χ3v) is 4.04. The van der Waals surface area contributed by atoms with E-state index in [4.69, 9.17) is 10.2 Å². The lowest BCUT2D eigenvalue weighted by atomic mass is 10.0. The Morgan fingerprint density at radius 3 is 2.75 bits per heavy atom. The topological polar surface area (TPSA) is 56.2 Å². The maximum Gasteiger partial charge on any atom is 0.248 e. The molecule has 3 rings (SSSR count). The summed E-state index contributed by atoms with van der Waals surface area (Å²) in [6.07, 6.45) is 3.68. The fourth-order valence-corrected chi connectivity index (χ4v) is 2.82. The second kappa shape index (κ2) is 5.06. The largest absolute Gasteiger partial charge is 0.464 e. The number of carbonyl (C=O) groups is 1. The van der Waals surface area contributed by atoms with Crippen molar-refractivity contribution in [1.82, 2.24) is 0 Å². The minimum atomic E-state index is -0.414. The Balaban J connectivity index is 2.20. The summed E-state index contributed by atoms with van der Waals surface area (Å²) in [5.41, 5.74) is 8.80. The molecule has 1 amide bonds. The van der Waals surface area contributed by atoms with Crippen molar-refractivity contribution in [3.05, 3.63) is 54.3 Å². The zero-order valence-corrected chi connectivity index (χ0v) is 11.7. The normalized spacial score (nSPS) is 10.8. The highest BCUT2D eigenvalue weighted by atomic mass is 32.2. The molecule has 1 heterocycles. The van der Waals surface area contributed by atoms with Gasteiger partial charge in [0.15, 0.2) is 0 Å². The Morgan fingerprint density at radius 2 is 2.00 bits per heavy atom. The maximum atomic E-state index is 11.4. The van der Waals surface area contributed by atoms with Gasteiger partial charge in [0.2, 0.25) is 5.91 Å². The van der Waals surface area contributed by atoms with Gasteiger partial charge < -0.3 is 10.2 Å². The van der Waals surface area contributed by atoms with Crippen LogP contribution in [0.3, 0.4) is 0 Å². The average Bonchev–Trinajstić information content (AvgIpc) is 2.93. The van der Waals surface area contributed by atoms with E-state index in [2.05, 4.69) is 6.07 Å². The van der Waals surface area contributed by atoms with Gasteiger partial charge in [0.05, 0.1) is 6.26 Å². The maximum absolute atomic E-state index is 11.4. The van der Waals surface area contributed by atoms with E-state index in [0.29, 0.717) is 5.56 Å². The Hall–Kier alpha value is -2.20. The molecule has 0 aliphatic carbocycles. The molecule has 3 nitrogen and oxygen atoms in total. The lowest BCUT2D eigenvalue weighted by Crippen LogP contribution is -2.10. The van der Waals surface area contributed by atoms with E-state index >= 15 is 0 Å². The molecule has 0 fully saturated rings. The molecule has 0 aliphatic rings. The van der Waals surface area contributed by atoms with Crippen LogP contribution in [0.15, 0.2) is 58.0 Å². The summed E-state index contributed by atoms with van der Waals surface area (Å²) < 4.78 is 5.35. The zero-order valence-electron chi connectivity index (χ0n) is 10.9. The molecule has 1 aromatic heterocycles. The molecule has 0 saturated heterocycles. The molecular weight excluding hydrogens is 270 g/mol. The van der Waals surface area contributed by atoms with E-state index in [1.807, 2.05) is 36.6 Å². The highest BCUT2D eigenvalue weighted by Gasteiger charge is 2.10. The van der Waals surface area contributed by atoms with Crippen molar-refractivity contribution in [3.8, 4) is 11.1 Å². The fourth-order valence-electron chi connectivity index (χ4n) is 2.22. The molecule has 2 aromatic carbocycles. The molecule has 3 aromatic rings. The standard InChI is InChI=1S/C16H13NO2S/c1-20-15-5-3-12(16(17)18)9-13(15)10-2-4-14-11(8-10)6-7-19-14/h2-9H,1H3,(H2,17,18). The third-order valence-electron chi connectivity index (χ3n) is 3.25. The van der Waals surface area contributed by atoms with Crippen LogP contribution in [0.25, 0.3) is 22.1 Å². The Bertz CT molecular complexity index is 792. The van der Waals surface area contributed by atoms with Gasteiger partial charge >= 0.3 is 0 Å². The molecule has 0 radical (unpaired) electrons. The summed E-state index contributed by atoms with van der Waals surface area (Å²) in [4.78, 5) is 12.5. The number of amides is 1. The van der Waals surface area contributed by atoms with Crippen molar-refractivity contribution >= 4 is 28.6 Å². The first-order valence-electron chi connectivity index (χ1n) is 6.14. The molecule has 0 spiro atoms. The van der Waals surface area contributed by atoms with Crippen LogP contribution in [0.5, 0.6) is 0 Å². The number of carbonyl (C=O) groups excluding carboxylic acids is 1. The molecule has 0 aliphatic heterocycles. The van der Waals surface area contributed by atoms with Crippen LogP contribution < -0.4 is 5.73 Å². The smallest absolute Gasteiger partial charge is 0.248 e. The van der Waals surface area contributed by atoms with E-state index < -0.39 is 5.91 Å². The number of hydrogen-bond acceptors (Lipinski definition) is 3. The highest BCUT2D eigenvalue weighted by Crippen LogP contribution is 2.33. The van der Waals surface area contributed by atoms with Crippen LogP contribution in [0.2, 0.25) is 0 Å². The highest BCUT2D eigenvalue weighted by molar-refractivity contribution is 7.98. The van der Waals surface area contributed by atoms with E-state index in [0.717, 1.165) is 27.0 Å². The first-order valence-corrected chi connectivity index (χ1v) is 7.37. The fraction of sp³-hybridized carbons (Fsp3) is 0.0625. The van der Waals surface area contributed by atoms with E-state index in [9.17, 15) is 4.79 Å². The summed E-state index contributed by atoms with van der Waals surface area (Å²) in [7, 11) is 0. The summed E-state index contributed by atoms with van der Waals surface area (Å²) in [6.45, 7) is 0. The van der Waals surface area contributed by atoms with Crippen molar-refractivity contribution in [3.63, 3.8) is 0 Å². The van der Waals surface area contributed by atoms with Gasteiger partial charge in [-0.3, -0.25) is 4.79 Å². The van der Waals surface area contributed by atoms with Gasteiger partial charge in [-0.15, -0.1) is 11.8 Å². The second-order valence-electron chi connectivity index (χ2n) is 4.45. The number of hydrogen-bond donors (Lipinski definition) is 1. The molecule has 100 valence electrons. The minimum Gasteiger partial charge on any atom is -0.464 e. The van der Waals surface area contributed by atoms with E-state index in [1.54, 1.807) is 24.1 Å². The first-order chi connectivity index (χ1) is 9.69. The number of thioether (sulfide) groups is 1. The van der Waals surface area contributed by atoms with Crippen molar-refractivity contribution < 1.29 is 9.21 Å². The van der Waals surface area contributed by atoms with Gasteiger partial charge in [0.25, 0.3) is 0 Å². The molecule has 4 heteroatoms. The van der Waals surface area contributed by atoms with Gasteiger partial charge in [-0.1, -0.05) is 6.07 Å². The summed E-state index contributed by atoms with van der Waals surface area (Å²) in [5.74, 6) is -0.414. The van der Waals surface area contributed by atoms with E-state index in [-0.39, 0.29) is 0 Å². The predicted octanol–water partition coefficient (Wildman–Crippen LogP) is 3.92. The summed E-state index contributed by atoms with van der Waals surface area (Å²) in [6, 6.07) is 13.4. The quantitative estimate of drug-likeness (QED) is 0.741. The minimum absolute atomic E-state index is 0.414. The number of fused-ring (bicyclic) bond motifs is 1. The lowest BCUT2D eigenvalue weighted by Gasteiger charge is -2.09. The Labute approximate surface area is 120 Å². The van der Waals surface area contributed by atoms with Gasteiger partial charge in [-0.05, 0) is 53.8 Å². The first kappa shape index (κ1) is 12.8. The van der Waals surface area contributed by atoms with Crippen molar-refractivity contribution in [1.29, 1.82) is 0 Å². The second-order valence-corrected chi connectivity index (χ2v) is 5.30. The number of nitrogens with two attached hydrogens (primary N) is 1. The van der Waals surface area contributed by atoms with Crippen LogP contribution in [0.4, 0.5) is 0 Å². The monoisotopic (exact) mass is 283 g/mol. The molecular formula is C16H13NO2S. The van der Waals surface area contributed by atoms with Crippen LogP contribution in [0.1, 0.15) is 10.4 Å². The molecule has 0 saturated carbocycles. The third kappa shape index (κ3) is 2.18. The number of benzene rings is 2. The summed E-state index contributed by atoms with van der Waals surface area (Å²) >= 11 is 1.64. The van der Waals surface area contributed by atoms with Gasteiger partial charge in [0.1, 0.15) is 5.58 Å². The van der Waals surface area contributed by atoms with Gasteiger partial charge in [0, 0.05) is 15.8 Å². The van der Waals surface area contributed by atoms with Crippen LogP contribution in [-0.4, -0.2) is 12.2 Å². The van der Waals surface area contributed by atoms with Crippen LogP contribution in [0, 0.1) is 0 Å².